The molecule has 146 valence electrons. The molecule has 8 heteroatoms. The van der Waals surface area contributed by atoms with Crippen molar-refractivity contribution in [3.63, 3.8) is 0 Å². The van der Waals surface area contributed by atoms with Crippen LogP contribution in [0.5, 0.6) is 5.75 Å². The number of ether oxygens (including phenoxy) is 2. The van der Waals surface area contributed by atoms with Crippen LogP contribution in [0, 0.1) is 12.7 Å². The highest BCUT2D eigenvalue weighted by molar-refractivity contribution is 6.05. The average Bonchev–Trinajstić information content (AvgIpc) is 3.09. The van der Waals surface area contributed by atoms with Crippen LogP contribution in [0.25, 0.3) is 11.0 Å². The second kappa shape index (κ2) is 7.75. The summed E-state index contributed by atoms with van der Waals surface area (Å²) in [6, 6.07) is 5.24. The normalized spacial score (nSPS) is 11.1. The minimum Gasteiger partial charge on any atom is -0.496 e. The molecule has 2 aromatic heterocycles. The van der Waals surface area contributed by atoms with E-state index >= 15 is 0 Å². The van der Waals surface area contributed by atoms with E-state index in [2.05, 4.69) is 10.1 Å². The van der Waals surface area contributed by atoms with Crippen molar-refractivity contribution in [2.75, 3.05) is 13.7 Å². The van der Waals surface area contributed by atoms with E-state index in [4.69, 9.17) is 9.47 Å². The molecule has 0 unspecified atom stereocenters. The van der Waals surface area contributed by atoms with Crippen LogP contribution in [0.4, 0.5) is 4.39 Å². The fraction of sp³-hybridized carbons (Fsp3) is 0.300. The lowest BCUT2D eigenvalue weighted by molar-refractivity contribution is 0.0475. The smallest absolute Gasteiger partial charge is 0.339 e. The van der Waals surface area contributed by atoms with E-state index in [1.807, 2.05) is 13.8 Å². The minimum absolute atomic E-state index is 0.0129. The fourth-order valence-corrected chi connectivity index (χ4v) is 2.87. The van der Waals surface area contributed by atoms with E-state index < -0.39 is 24.2 Å². The van der Waals surface area contributed by atoms with E-state index in [1.54, 1.807) is 23.9 Å². The van der Waals surface area contributed by atoms with Gasteiger partial charge in [0.2, 0.25) is 5.78 Å². The van der Waals surface area contributed by atoms with Gasteiger partial charge in [0.1, 0.15) is 11.6 Å². The Balaban J connectivity index is 1.84. The highest BCUT2D eigenvalue weighted by Crippen LogP contribution is 2.23. The van der Waals surface area contributed by atoms with Crippen molar-refractivity contribution in [3.8, 4) is 5.75 Å². The largest absolute Gasteiger partial charge is 0.496 e. The summed E-state index contributed by atoms with van der Waals surface area (Å²) in [5, 5.41) is 4.82. The van der Waals surface area contributed by atoms with Gasteiger partial charge < -0.3 is 9.47 Å². The Morgan fingerprint density at radius 1 is 1.21 bits per heavy atom. The summed E-state index contributed by atoms with van der Waals surface area (Å²) in [5.74, 6) is -1.61. The topological polar surface area (TPSA) is 83.3 Å². The molecular weight excluding hydrogens is 365 g/mol. The van der Waals surface area contributed by atoms with E-state index in [-0.39, 0.29) is 22.9 Å². The van der Waals surface area contributed by atoms with Gasteiger partial charge in [-0.05, 0) is 45.0 Å². The van der Waals surface area contributed by atoms with Gasteiger partial charge in [-0.15, -0.1) is 0 Å². The third-order valence-corrected chi connectivity index (χ3v) is 4.20. The molecule has 0 N–H and O–H groups in total. The Morgan fingerprint density at radius 3 is 2.64 bits per heavy atom. The molecule has 7 nitrogen and oxygen atoms in total. The summed E-state index contributed by atoms with van der Waals surface area (Å²) >= 11 is 0. The number of fused-ring (bicyclic) bond motifs is 1. The molecule has 0 aliphatic rings. The van der Waals surface area contributed by atoms with Crippen LogP contribution in [0.3, 0.4) is 0 Å². The number of pyridine rings is 1. The summed E-state index contributed by atoms with van der Waals surface area (Å²) in [6.07, 6.45) is 1.55. The van der Waals surface area contributed by atoms with Gasteiger partial charge in [-0.2, -0.15) is 5.10 Å². The maximum atomic E-state index is 13.5. The SMILES string of the molecule is COc1ccc(F)cc1C(=O)COC(=O)c1cc(C)nc2c1cnn2C(C)C. The summed E-state index contributed by atoms with van der Waals surface area (Å²) < 4.78 is 25.4. The third-order valence-electron chi connectivity index (χ3n) is 4.20. The molecule has 0 spiro atoms. The molecule has 0 saturated carbocycles. The van der Waals surface area contributed by atoms with Crippen molar-refractivity contribution in [2.24, 2.45) is 0 Å². The number of nitrogens with zero attached hydrogens (tertiary/aromatic N) is 3. The summed E-state index contributed by atoms with van der Waals surface area (Å²) in [7, 11) is 1.37. The van der Waals surface area contributed by atoms with Gasteiger partial charge in [-0.1, -0.05) is 0 Å². The average molecular weight is 385 g/mol. The summed E-state index contributed by atoms with van der Waals surface area (Å²) in [6.45, 7) is 5.13. The van der Waals surface area contributed by atoms with Crippen molar-refractivity contribution in [1.29, 1.82) is 0 Å². The lowest BCUT2D eigenvalue weighted by Gasteiger charge is -2.10. The van der Waals surface area contributed by atoms with Gasteiger partial charge in [0, 0.05) is 11.7 Å². The highest BCUT2D eigenvalue weighted by atomic mass is 19.1. The first-order valence-electron chi connectivity index (χ1n) is 8.70. The van der Waals surface area contributed by atoms with Crippen LogP contribution >= 0.6 is 0 Å². The zero-order chi connectivity index (χ0) is 20.4. The number of Topliss-reactive ketones (excluding diaryl/α,β-unsaturated/α-hetero) is 1. The van der Waals surface area contributed by atoms with Crippen molar-refractivity contribution < 1.29 is 23.5 Å². The number of rotatable bonds is 6. The number of hydrogen-bond acceptors (Lipinski definition) is 6. The van der Waals surface area contributed by atoms with Crippen molar-refractivity contribution >= 4 is 22.8 Å². The van der Waals surface area contributed by atoms with E-state index in [0.717, 1.165) is 6.07 Å². The standard InChI is InChI=1S/C20H20FN3O4/c1-11(2)24-19-16(9-22-24)14(7-12(3)23-19)20(26)28-10-17(25)15-8-13(21)5-6-18(15)27-4/h5-9,11H,10H2,1-4H3. The zero-order valence-corrected chi connectivity index (χ0v) is 16.0. The van der Waals surface area contributed by atoms with Crippen LogP contribution in [-0.4, -0.2) is 40.2 Å². The van der Waals surface area contributed by atoms with Gasteiger partial charge >= 0.3 is 5.97 Å². The predicted octanol–water partition coefficient (Wildman–Crippen LogP) is 3.51. The van der Waals surface area contributed by atoms with E-state index in [1.165, 1.54) is 19.2 Å². The molecule has 0 atom stereocenters. The molecule has 0 radical (unpaired) electrons. The number of carbonyl (C=O) groups is 2. The second-order valence-electron chi connectivity index (χ2n) is 6.58. The van der Waals surface area contributed by atoms with Crippen molar-refractivity contribution in [3.05, 3.63) is 53.1 Å². The van der Waals surface area contributed by atoms with Gasteiger partial charge in [-0.3, -0.25) is 4.79 Å². The maximum Gasteiger partial charge on any atom is 0.339 e. The van der Waals surface area contributed by atoms with Gasteiger partial charge in [0.15, 0.2) is 12.3 Å². The minimum atomic E-state index is -0.678. The van der Waals surface area contributed by atoms with Crippen LogP contribution in [-0.2, 0) is 4.74 Å². The number of carbonyl (C=O) groups excluding carboxylic acids is 2. The van der Waals surface area contributed by atoms with E-state index in [9.17, 15) is 14.0 Å². The number of aromatic nitrogens is 3. The Bertz CT molecular complexity index is 1060. The molecule has 28 heavy (non-hydrogen) atoms. The van der Waals surface area contributed by atoms with Crippen LogP contribution in [0.2, 0.25) is 0 Å². The molecule has 2 heterocycles. The molecule has 0 aliphatic heterocycles. The summed E-state index contributed by atoms with van der Waals surface area (Å²) in [4.78, 5) is 29.4. The van der Waals surface area contributed by atoms with Crippen molar-refractivity contribution in [2.45, 2.75) is 26.8 Å². The number of aryl methyl sites for hydroxylation is 1. The molecule has 0 aliphatic carbocycles. The van der Waals surface area contributed by atoms with Gasteiger partial charge in [0.05, 0.1) is 29.8 Å². The fourth-order valence-electron chi connectivity index (χ4n) is 2.87. The zero-order valence-electron chi connectivity index (χ0n) is 16.0. The highest BCUT2D eigenvalue weighted by Gasteiger charge is 2.20. The summed E-state index contributed by atoms with van der Waals surface area (Å²) in [5.41, 5.74) is 1.48. The van der Waals surface area contributed by atoms with Crippen LogP contribution < -0.4 is 4.74 Å². The monoisotopic (exact) mass is 385 g/mol. The first-order chi connectivity index (χ1) is 13.3. The van der Waals surface area contributed by atoms with Crippen molar-refractivity contribution in [1.82, 2.24) is 14.8 Å². The predicted molar refractivity (Wildman–Crippen MR) is 100 cm³/mol. The number of ketones is 1. The molecule has 0 fully saturated rings. The molecule has 0 amide bonds. The molecule has 3 rings (SSSR count). The van der Waals surface area contributed by atoms with Crippen LogP contribution in [0.15, 0.2) is 30.5 Å². The number of hydrogen-bond donors (Lipinski definition) is 0. The Hall–Kier alpha value is -3.29. The van der Waals surface area contributed by atoms with E-state index in [0.29, 0.717) is 16.7 Å². The molecule has 0 saturated heterocycles. The lowest BCUT2D eigenvalue weighted by atomic mass is 10.1. The van der Waals surface area contributed by atoms with Gasteiger partial charge in [0.25, 0.3) is 0 Å². The Kier molecular flexibility index (Phi) is 5.39. The Labute approximate surface area is 161 Å². The first-order valence-corrected chi connectivity index (χ1v) is 8.70. The van der Waals surface area contributed by atoms with Gasteiger partial charge in [-0.25, -0.2) is 18.9 Å². The molecule has 1 aromatic carbocycles. The number of methoxy groups -OCH3 is 1. The quantitative estimate of drug-likeness (QED) is 0.477. The molecule has 3 aromatic rings. The van der Waals surface area contributed by atoms with Crippen LogP contribution in [0.1, 0.15) is 46.3 Å². The first kappa shape index (κ1) is 19.5. The number of esters is 1. The lowest BCUT2D eigenvalue weighted by Crippen LogP contribution is -2.16. The molecule has 0 bridgehead atoms. The maximum absolute atomic E-state index is 13.5. The Morgan fingerprint density at radius 2 is 1.96 bits per heavy atom. The third kappa shape index (κ3) is 3.71. The number of halogens is 1. The second-order valence-corrected chi connectivity index (χ2v) is 6.58. The molecular formula is C20H20FN3O4. The number of benzene rings is 1.